The number of phenols is 1. The van der Waals surface area contributed by atoms with Crippen LogP contribution in [0, 0.1) is 0 Å². The van der Waals surface area contributed by atoms with Gasteiger partial charge in [-0.25, -0.2) is 0 Å². The smallest absolute Gasteiger partial charge is 0.294 e. The molecule has 4 aromatic rings. The molecule has 1 atom stereocenters. The number of carbonyl (C=O) groups excluding carboxylic acids is 1. The van der Waals surface area contributed by atoms with Crippen molar-refractivity contribution in [2.24, 2.45) is 0 Å². The lowest BCUT2D eigenvalue weighted by atomic mass is 9.95. The van der Waals surface area contributed by atoms with Crippen molar-refractivity contribution in [1.29, 1.82) is 0 Å². The highest BCUT2D eigenvalue weighted by atomic mass is 35.5. The number of phenolic OH excluding ortho intramolecular Hbond substituents is 1. The van der Waals surface area contributed by atoms with E-state index in [-0.39, 0.29) is 23.3 Å². The summed E-state index contributed by atoms with van der Waals surface area (Å²) in [5, 5.41) is 16.1. The van der Waals surface area contributed by atoms with E-state index in [1.807, 2.05) is 43.4 Å². The Labute approximate surface area is 190 Å². The van der Waals surface area contributed by atoms with Gasteiger partial charge in [0.2, 0.25) is 0 Å². The van der Waals surface area contributed by atoms with Crippen LogP contribution in [-0.2, 0) is 0 Å². The molecule has 0 aliphatic carbocycles. The summed E-state index contributed by atoms with van der Waals surface area (Å²) in [4.78, 5) is 15.1. The van der Waals surface area contributed by atoms with Crippen molar-refractivity contribution in [3.05, 3.63) is 65.9 Å². The molecule has 1 aliphatic rings. The Bertz CT molecular complexity index is 1320. The maximum Gasteiger partial charge on any atom is 0.294 e. The first-order valence-corrected chi connectivity index (χ1v) is 11.1. The third-order valence-electron chi connectivity index (χ3n) is 5.90. The molecule has 164 valence electrons. The number of likely N-dealkylation sites (N-methyl/N-ethyl adjacent to an activating group) is 1. The summed E-state index contributed by atoms with van der Waals surface area (Å²) in [5.74, 6) is 1.18. The number of amides is 1. The van der Waals surface area contributed by atoms with Gasteiger partial charge in [0.1, 0.15) is 23.7 Å². The van der Waals surface area contributed by atoms with Crippen LogP contribution in [0.1, 0.15) is 22.0 Å². The monoisotopic (exact) mass is 450 g/mol. The van der Waals surface area contributed by atoms with E-state index in [2.05, 4.69) is 5.32 Å². The molecule has 0 radical (unpaired) electrons. The highest BCUT2D eigenvalue weighted by Crippen LogP contribution is 2.45. The molecule has 0 saturated carbocycles. The minimum absolute atomic E-state index is 0.0299. The minimum atomic E-state index is -0.262. The molecule has 0 bridgehead atoms. The largest absolute Gasteiger partial charge is 0.507 e. The van der Waals surface area contributed by atoms with Gasteiger partial charge < -0.3 is 24.5 Å². The maximum absolute atomic E-state index is 13.5. The second-order valence-electron chi connectivity index (χ2n) is 7.90. The van der Waals surface area contributed by atoms with Crippen molar-refractivity contribution in [2.45, 2.75) is 5.92 Å². The lowest BCUT2D eigenvalue weighted by molar-refractivity contribution is 0.0964. The van der Waals surface area contributed by atoms with Crippen LogP contribution in [0.15, 0.2) is 59.0 Å². The van der Waals surface area contributed by atoms with Crippen LogP contribution in [0.4, 0.5) is 5.69 Å². The third kappa shape index (κ3) is 3.45. The fourth-order valence-electron chi connectivity index (χ4n) is 4.37. The molecule has 5 rings (SSSR count). The molecule has 7 heteroatoms. The molecule has 2 heterocycles. The number of rotatable bonds is 6. The number of carbonyl (C=O) groups is 1. The van der Waals surface area contributed by atoms with Gasteiger partial charge in [-0.2, -0.15) is 0 Å². The van der Waals surface area contributed by atoms with Crippen LogP contribution in [0.2, 0.25) is 0 Å². The molecular formula is C25H23ClN2O4. The normalized spacial score (nSPS) is 15.4. The Hall–Kier alpha value is -3.22. The summed E-state index contributed by atoms with van der Waals surface area (Å²) in [5.41, 5.74) is 2.27. The van der Waals surface area contributed by atoms with Crippen LogP contribution in [0.5, 0.6) is 11.5 Å². The lowest BCUT2D eigenvalue weighted by Crippen LogP contribution is -2.29. The highest BCUT2D eigenvalue weighted by Gasteiger charge is 2.36. The first-order chi connectivity index (χ1) is 15.6. The summed E-state index contributed by atoms with van der Waals surface area (Å²) in [6.45, 7) is 1.72. The van der Waals surface area contributed by atoms with Gasteiger partial charge in [0, 0.05) is 41.7 Å². The number of alkyl halides is 1. The minimum Gasteiger partial charge on any atom is -0.507 e. The maximum atomic E-state index is 13.5. The number of anilines is 1. The molecule has 32 heavy (non-hydrogen) atoms. The topological polar surface area (TPSA) is 74.9 Å². The van der Waals surface area contributed by atoms with Crippen molar-refractivity contribution in [3.63, 3.8) is 0 Å². The van der Waals surface area contributed by atoms with E-state index in [9.17, 15) is 9.90 Å². The number of furan rings is 1. The summed E-state index contributed by atoms with van der Waals surface area (Å²) >= 11 is 6.28. The predicted molar refractivity (Wildman–Crippen MR) is 126 cm³/mol. The second kappa shape index (κ2) is 8.37. The fraction of sp³-hybridized carbons (Fsp3) is 0.240. The van der Waals surface area contributed by atoms with Gasteiger partial charge in [-0.15, -0.1) is 11.6 Å². The Balaban J connectivity index is 1.51. The molecule has 1 aliphatic heterocycles. The Morgan fingerprint density at radius 3 is 2.81 bits per heavy atom. The van der Waals surface area contributed by atoms with Crippen molar-refractivity contribution in [3.8, 4) is 11.5 Å². The number of fused-ring (bicyclic) bond motifs is 4. The third-order valence-corrected chi connectivity index (χ3v) is 6.27. The standard InChI is InChI=1S/C25H23ClN2O4/c1-27-8-9-31-17-6-7-22-15(10-17)11-23(32-22)25(30)28-14-16(13-26)24-19-5-3-2-4-18(19)21(29)12-20(24)28/h2-7,10-12,16,27,29H,8-9,13-14H2,1H3/t16-/m1/s1. The van der Waals surface area contributed by atoms with E-state index in [1.54, 1.807) is 23.1 Å². The molecule has 1 amide bonds. The lowest BCUT2D eigenvalue weighted by Gasteiger charge is -2.17. The molecule has 6 nitrogen and oxygen atoms in total. The fourth-order valence-corrected chi connectivity index (χ4v) is 4.62. The Morgan fingerprint density at radius 1 is 1.22 bits per heavy atom. The van der Waals surface area contributed by atoms with Gasteiger partial charge in [-0.3, -0.25) is 4.79 Å². The number of hydrogen-bond acceptors (Lipinski definition) is 5. The van der Waals surface area contributed by atoms with Crippen molar-refractivity contribution in [1.82, 2.24) is 5.32 Å². The number of benzene rings is 3. The number of ether oxygens (including phenoxy) is 1. The SMILES string of the molecule is CNCCOc1ccc2oc(C(=O)N3C[C@@H](CCl)c4c3cc(O)c3ccccc43)cc2c1. The van der Waals surface area contributed by atoms with Gasteiger partial charge in [-0.1, -0.05) is 24.3 Å². The van der Waals surface area contributed by atoms with Gasteiger partial charge in [0.25, 0.3) is 5.91 Å². The van der Waals surface area contributed by atoms with Crippen molar-refractivity contribution in [2.75, 3.05) is 37.5 Å². The van der Waals surface area contributed by atoms with Crippen LogP contribution in [-0.4, -0.2) is 43.6 Å². The van der Waals surface area contributed by atoms with Crippen molar-refractivity contribution < 1.29 is 19.1 Å². The first kappa shape index (κ1) is 20.7. The molecular weight excluding hydrogens is 428 g/mol. The molecule has 3 aromatic carbocycles. The Morgan fingerprint density at radius 2 is 2.03 bits per heavy atom. The van der Waals surface area contributed by atoms with E-state index in [0.717, 1.165) is 34.0 Å². The van der Waals surface area contributed by atoms with Crippen LogP contribution < -0.4 is 15.0 Å². The van der Waals surface area contributed by atoms with E-state index in [4.69, 9.17) is 20.8 Å². The molecule has 2 N–H and O–H groups in total. The second-order valence-corrected chi connectivity index (χ2v) is 8.21. The highest BCUT2D eigenvalue weighted by molar-refractivity contribution is 6.19. The van der Waals surface area contributed by atoms with Gasteiger partial charge in [-0.05, 0) is 42.3 Å². The Kier molecular flexibility index (Phi) is 5.41. The summed E-state index contributed by atoms with van der Waals surface area (Å²) < 4.78 is 11.6. The van der Waals surface area contributed by atoms with Crippen LogP contribution in [0.25, 0.3) is 21.7 Å². The zero-order chi connectivity index (χ0) is 22.2. The van der Waals surface area contributed by atoms with E-state index in [1.165, 1.54) is 0 Å². The van der Waals surface area contributed by atoms with Crippen molar-refractivity contribution >= 4 is 44.9 Å². The molecule has 0 saturated heterocycles. The molecule has 0 spiro atoms. The van der Waals surface area contributed by atoms with E-state index >= 15 is 0 Å². The molecule has 1 aromatic heterocycles. The van der Waals surface area contributed by atoms with E-state index < -0.39 is 0 Å². The number of nitrogens with one attached hydrogen (secondary N) is 1. The zero-order valence-electron chi connectivity index (χ0n) is 17.6. The van der Waals surface area contributed by atoms with Gasteiger partial charge in [0.15, 0.2) is 5.76 Å². The average Bonchev–Trinajstić information content (AvgIpc) is 3.40. The van der Waals surface area contributed by atoms with Gasteiger partial charge in [0.05, 0.1) is 5.69 Å². The first-order valence-electron chi connectivity index (χ1n) is 10.5. The predicted octanol–water partition coefficient (Wildman–Crippen LogP) is 4.87. The number of halogens is 1. The zero-order valence-corrected chi connectivity index (χ0v) is 18.4. The summed E-state index contributed by atoms with van der Waals surface area (Å²) in [6.07, 6.45) is 0. The average molecular weight is 451 g/mol. The number of aromatic hydroxyl groups is 1. The number of nitrogens with zero attached hydrogens (tertiary/aromatic N) is 1. The quantitative estimate of drug-likeness (QED) is 0.323. The van der Waals surface area contributed by atoms with Gasteiger partial charge >= 0.3 is 0 Å². The van der Waals surface area contributed by atoms with Crippen LogP contribution >= 0.6 is 11.6 Å². The van der Waals surface area contributed by atoms with E-state index in [0.29, 0.717) is 30.3 Å². The summed E-state index contributed by atoms with van der Waals surface area (Å²) in [6, 6.07) is 16.5. The van der Waals surface area contributed by atoms with Crippen LogP contribution in [0.3, 0.4) is 0 Å². The number of hydrogen-bond donors (Lipinski definition) is 2. The molecule has 0 fully saturated rings. The summed E-state index contributed by atoms with van der Waals surface area (Å²) in [7, 11) is 1.87. The molecule has 0 unspecified atom stereocenters.